The van der Waals surface area contributed by atoms with Crippen molar-refractivity contribution in [2.24, 2.45) is 0 Å². The first-order valence-electron chi connectivity index (χ1n) is 10.9. The first-order valence-corrected chi connectivity index (χ1v) is 11.8. The molecular weight excluding hydrogens is 401 g/mol. The number of nitrogens with zero attached hydrogens (tertiary/aromatic N) is 3. The summed E-state index contributed by atoms with van der Waals surface area (Å²) in [5.41, 5.74) is 1.57. The molecule has 0 saturated carbocycles. The van der Waals surface area contributed by atoms with Crippen LogP contribution < -0.4 is 4.90 Å². The molecule has 2 saturated heterocycles. The molecule has 0 bridgehead atoms. The van der Waals surface area contributed by atoms with Crippen molar-refractivity contribution in [3.63, 3.8) is 0 Å². The Kier molecular flexibility index (Phi) is 6.72. The fourth-order valence-electron chi connectivity index (χ4n) is 4.43. The van der Waals surface area contributed by atoms with Crippen LogP contribution in [0, 0.1) is 5.82 Å². The average molecular weight is 434 g/mol. The van der Waals surface area contributed by atoms with Gasteiger partial charge in [0.05, 0.1) is 17.2 Å². The highest BCUT2D eigenvalue weighted by Gasteiger charge is 2.40. The molecule has 0 aliphatic carbocycles. The number of halogens is 1. The van der Waals surface area contributed by atoms with Crippen molar-refractivity contribution in [3.8, 4) is 0 Å². The molecule has 1 N–H and O–H groups in total. The van der Waals surface area contributed by atoms with Crippen molar-refractivity contribution < 1.29 is 14.2 Å². The summed E-state index contributed by atoms with van der Waals surface area (Å²) in [6, 6.07) is 5.17. The van der Waals surface area contributed by atoms with E-state index in [1.807, 2.05) is 6.07 Å². The van der Waals surface area contributed by atoms with Crippen LogP contribution in [0.15, 0.2) is 23.6 Å². The number of hydrogen-bond acceptors (Lipinski definition) is 6. The van der Waals surface area contributed by atoms with E-state index in [0.29, 0.717) is 24.4 Å². The van der Waals surface area contributed by atoms with Gasteiger partial charge in [0.1, 0.15) is 11.6 Å². The maximum absolute atomic E-state index is 14.3. The largest absolute Gasteiger partial charge is 0.396 e. The maximum atomic E-state index is 14.3. The lowest BCUT2D eigenvalue weighted by molar-refractivity contribution is -0.0923. The highest BCUT2D eigenvalue weighted by molar-refractivity contribution is 7.10. The number of aromatic nitrogens is 1. The van der Waals surface area contributed by atoms with Gasteiger partial charge in [-0.1, -0.05) is 26.0 Å². The minimum atomic E-state index is -0.165. The van der Waals surface area contributed by atoms with Gasteiger partial charge in [-0.25, -0.2) is 9.37 Å². The Morgan fingerprint density at radius 1 is 1.27 bits per heavy atom. The van der Waals surface area contributed by atoms with Gasteiger partial charge in [0.15, 0.2) is 0 Å². The number of aliphatic hydroxyl groups excluding tert-OH is 1. The van der Waals surface area contributed by atoms with E-state index < -0.39 is 0 Å². The predicted molar refractivity (Wildman–Crippen MR) is 119 cm³/mol. The number of hydrogen-bond donors (Lipinski definition) is 1. The van der Waals surface area contributed by atoms with Crippen molar-refractivity contribution in [2.75, 3.05) is 44.3 Å². The summed E-state index contributed by atoms with van der Waals surface area (Å²) in [7, 11) is 0. The molecule has 3 heterocycles. The standard InChI is InChI=1S/C23H32FN3O2S/c1-17(2)22-25-21(15-30-22)27-10-12-29-23(16-27)6-8-26(9-7-23)14-19-13-18(5-11-28)3-4-20(19)24/h3-4,13,15,17,28H,5-12,14,16H2,1-2H3. The molecule has 0 radical (unpaired) electrons. The van der Waals surface area contributed by atoms with E-state index >= 15 is 0 Å². The van der Waals surface area contributed by atoms with E-state index in [1.165, 1.54) is 11.1 Å². The second kappa shape index (κ2) is 9.30. The molecular formula is C23H32FN3O2S. The summed E-state index contributed by atoms with van der Waals surface area (Å²) in [6.45, 7) is 9.34. The van der Waals surface area contributed by atoms with E-state index in [0.717, 1.165) is 57.0 Å². The molecule has 7 heteroatoms. The number of piperidine rings is 1. The highest BCUT2D eigenvalue weighted by Crippen LogP contribution is 2.34. The van der Waals surface area contributed by atoms with E-state index in [9.17, 15) is 4.39 Å². The van der Waals surface area contributed by atoms with Gasteiger partial charge in [-0.3, -0.25) is 4.90 Å². The van der Waals surface area contributed by atoms with Crippen LogP contribution in [0.25, 0.3) is 0 Å². The zero-order valence-corrected chi connectivity index (χ0v) is 18.8. The third kappa shape index (κ3) is 4.85. The lowest BCUT2D eigenvalue weighted by atomic mass is 9.89. The molecule has 30 heavy (non-hydrogen) atoms. The second-order valence-corrected chi connectivity index (χ2v) is 9.72. The van der Waals surface area contributed by atoms with Gasteiger partial charge >= 0.3 is 0 Å². The van der Waals surface area contributed by atoms with Crippen LogP contribution in [0.5, 0.6) is 0 Å². The van der Waals surface area contributed by atoms with Crippen LogP contribution in [0.4, 0.5) is 10.2 Å². The molecule has 2 aromatic rings. The van der Waals surface area contributed by atoms with Crippen molar-refractivity contribution in [1.82, 2.24) is 9.88 Å². The molecule has 164 valence electrons. The van der Waals surface area contributed by atoms with Crippen LogP contribution in [-0.2, 0) is 17.7 Å². The minimum Gasteiger partial charge on any atom is -0.396 e. The fourth-order valence-corrected chi connectivity index (χ4v) is 5.27. The Morgan fingerprint density at radius 3 is 2.77 bits per heavy atom. The molecule has 4 rings (SSSR count). The van der Waals surface area contributed by atoms with Crippen molar-refractivity contribution in [2.45, 2.75) is 51.2 Å². The summed E-state index contributed by atoms with van der Waals surface area (Å²) >= 11 is 1.74. The van der Waals surface area contributed by atoms with Gasteiger partial charge < -0.3 is 14.7 Å². The number of likely N-dealkylation sites (tertiary alicyclic amines) is 1. The van der Waals surface area contributed by atoms with Crippen molar-refractivity contribution in [1.29, 1.82) is 0 Å². The Morgan fingerprint density at radius 2 is 2.07 bits per heavy atom. The summed E-state index contributed by atoms with van der Waals surface area (Å²) < 4.78 is 20.6. The fraction of sp³-hybridized carbons (Fsp3) is 0.609. The van der Waals surface area contributed by atoms with Crippen molar-refractivity contribution >= 4 is 17.2 Å². The maximum Gasteiger partial charge on any atom is 0.140 e. The summed E-state index contributed by atoms with van der Waals surface area (Å²) in [6.07, 6.45) is 2.46. The van der Waals surface area contributed by atoms with Gasteiger partial charge in [0.2, 0.25) is 0 Å². The lowest BCUT2D eigenvalue weighted by Gasteiger charge is -2.47. The van der Waals surface area contributed by atoms with Gasteiger partial charge in [-0.2, -0.15) is 0 Å². The van der Waals surface area contributed by atoms with E-state index in [-0.39, 0.29) is 18.0 Å². The summed E-state index contributed by atoms with van der Waals surface area (Å²) in [5, 5.41) is 12.5. The number of aliphatic hydroxyl groups is 1. The number of rotatable bonds is 6. The SMILES string of the molecule is CC(C)c1nc(N2CCOC3(CCN(Cc4cc(CCO)ccc4F)CC3)C2)cs1. The van der Waals surface area contributed by atoms with Gasteiger partial charge in [0, 0.05) is 56.2 Å². The first-order chi connectivity index (χ1) is 14.5. The van der Waals surface area contributed by atoms with E-state index in [1.54, 1.807) is 17.4 Å². The number of anilines is 1. The molecule has 2 fully saturated rings. The molecule has 5 nitrogen and oxygen atoms in total. The van der Waals surface area contributed by atoms with Crippen LogP contribution in [0.3, 0.4) is 0 Å². The normalized spacial score (nSPS) is 19.7. The monoisotopic (exact) mass is 433 g/mol. The molecule has 1 spiro atoms. The van der Waals surface area contributed by atoms with Crippen LogP contribution in [0.1, 0.15) is 48.7 Å². The molecule has 0 amide bonds. The Balaban J connectivity index is 1.37. The van der Waals surface area contributed by atoms with Crippen LogP contribution in [0.2, 0.25) is 0 Å². The molecule has 2 aliphatic rings. The van der Waals surface area contributed by atoms with Gasteiger partial charge in [-0.05, 0) is 30.9 Å². The average Bonchev–Trinajstić information content (AvgIpc) is 3.23. The highest BCUT2D eigenvalue weighted by atomic mass is 32.1. The molecule has 1 aromatic carbocycles. The Hall–Kier alpha value is -1.54. The smallest absolute Gasteiger partial charge is 0.140 e. The van der Waals surface area contributed by atoms with Crippen molar-refractivity contribution in [3.05, 3.63) is 45.5 Å². The molecule has 2 aliphatic heterocycles. The minimum absolute atomic E-state index is 0.0861. The molecule has 0 unspecified atom stereocenters. The summed E-state index contributed by atoms with van der Waals surface area (Å²) in [5.74, 6) is 1.37. The quantitative estimate of drug-likeness (QED) is 0.751. The third-order valence-electron chi connectivity index (χ3n) is 6.25. The Bertz CT molecular complexity index is 849. The van der Waals surface area contributed by atoms with Gasteiger partial charge in [-0.15, -0.1) is 11.3 Å². The number of morpholine rings is 1. The zero-order chi connectivity index (χ0) is 21.1. The lowest BCUT2D eigenvalue weighted by Crippen LogP contribution is -2.57. The first kappa shape index (κ1) is 21.7. The number of thiazole rings is 1. The molecule has 1 aromatic heterocycles. The Labute approximate surface area is 182 Å². The topological polar surface area (TPSA) is 48.8 Å². The number of benzene rings is 1. The van der Waals surface area contributed by atoms with E-state index in [4.69, 9.17) is 14.8 Å². The van der Waals surface area contributed by atoms with Gasteiger partial charge in [0.25, 0.3) is 0 Å². The second-order valence-electron chi connectivity index (χ2n) is 8.83. The summed E-state index contributed by atoms with van der Waals surface area (Å²) in [4.78, 5) is 9.52. The number of ether oxygens (including phenoxy) is 1. The van der Waals surface area contributed by atoms with E-state index in [2.05, 4.69) is 29.0 Å². The predicted octanol–water partition coefficient (Wildman–Crippen LogP) is 3.81. The molecule has 0 atom stereocenters. The van der Waals surface area contributed by atoms with Crippen LogP contribution in [-0.4, -0.2) is 60.0 Å². The zero-order valence-electron chi connectivity index (χ0n) is 17.9. The van der Waals surface area contributed by atoms with Crippen LogP contribution >= 0.6 is 11.3 Å². The third-order valence-corrected chi connectivity index (χ3v) is 7.38.